The van der Waals surface area contributed by atoms with Crippen molar-refractivity contribution in [2.24, 2.45) is 0 Å². The van der Waals surface area contributed by atoms with Crippen molar-refractivity contribution >= 4 is 22.4 Å². The van der Waals surface area contributed by atoms with Crippen LogP contribution in [0.25, 0.3) is 11.3 Å². The lowest BCUT2D eigenvalue weighted by molar-refractivity contribution is -0.137. The van der Waals surface area contributed by atoms with Crippen LogP contribution in [0.3, 0.4) is 0 Å². The molecule has 1 amide bonds. The fourth-order valence-corrected chi connectivity index (χ4v) is 3.02. The van der Waals surface area contributed by atoms with Gasteiger partial charge in [-0.3, -0.25) is 10.1 Å². The third kappa shape index (κ3) is 3.85. The minimum atomic E-state index is -4.51. The second-order valence-corrected chi connectivity index (χ2v) is 6.13. The minimum absolute atomic E-state index is 0.0890. The molecule has 134 valence electrons. The van der Waals surface area contributed by atoms with Crippen LogP contribution in [0, 0.1) is 0 Å². The zero-order chi connectivity index (χ0) is 18.7. The number of carbonyl (C=O) groups is 1. The molecule has 4 nitrogen and oxygen atoms in total. The number of halogens is 3. The van der Waals surface area contributed by atoms with Gasteiger partial charge in [-0.2, -0.15) is 13.2 Å². The number of anilines is 1. The van der Waals surface area contributed by atoms with Crippen molar-refractivity contribution in [1.82, 2.24) is 4.98 Å². The molecule has 0 saturated carbocycles. The maximum Gasteiger partial charge on any atom is 0.416 e. The fourth-order valence-electron chi connectivity index (χ4n) is 2.32. The molecule has 2 aromatic carbocycles. The van der Waals surface area contributed by atoms with E-state index in [0.29, 0.717) is 11.4 Å². The fraction of sp³-hybridized carbons (Fsp3) is 0.111. The van der Waals surface area contributed by atoms with E-state index >= 15 is 0 Å². The monoisotopic (exact) mass is 378 g/mol. The van der Waals surface area contributed by atoms with Gasteiger partial charge in [-0.05, 0) is 30.3 Å². The van der Waals surface area contributed by atoms with Crippen molar-refractivity contribution in [3.63, 3.8) is 0 Å². The zero-order valence-electron chi connectivity index (χ0n) is 13.5. The average molecular weight is 378 g/mol. The number of rotatable bonds is 4. The van der Waals surface area contributed by atoms with E-state index in [2.05, 4.69) is 10.3 Å². The molecule has 3 rings (SSSR count). The van der Waals surface area contributed by atoms with Crippen LogP contribution in [0.1, 0.15) is 15.9 Å². The van der Waals surface area contributed by atoms with Gasteiger partial charge in [0.05, 0.1) is 18.4 Å². The average Bonchev–Trinajstić information content (AvgIpc) is 3.09. The Morgan fingerprint density at radius 3 is 2.65 bits per heavy atom. The van der Waals surface area contributed by atoms with E-state index < -0.39 is 17.6 Å². The van der Waals surface area contributed by atoms with Crippen molar-refractivity contribution in [3.8, 4) is 17.0 Å². The van der Waals surface area contributed by atoms with Gasteiger partial charge in [-0.15, -0.1) is 11.3 Å². The number of amides is 1. The number of nitrogens with one attached hydrogen (secondary N) is 1. The Kier molecular flexibility index (Phi) is 4.94. The van der Waals surface area contributed by atoms with Crippen LogP contribution in [-0.2, 0) is 6.18 Å². The van der Waals surface area contributed by atoms with Gasteiger partial charge in [0, 0.05) is 16.5 Å². The first-order valence-corrected chi connectivity index (χ1v) is 8.34. The first-order valence-electron chi connectivity index (χ1n) is 7.46. The molecule has 1 aromatic heterocycles. The summed E-state index contributed by atoms with van der Waals surface area (Å²) in [7, 11) is 1.54. The summed E-state index contributed by atoms with van der Waals surface area (Å²) in [6, 6.07) is 11.5. The van der Waals surface area contributed by atoms with Crippen LogP contribution < -0.4 is 10.1 Å². The Morgan fingerprint density at radius 2 is 1.92 bits per heavy atom. The molecule has 0 fully saturated rings. The van der Waals surface area contributed by atoms with E-state index in [4.69, 9.17) is 4.74 Å². The predicted octanol–water partition coefficient (Wildman–Crippen LogP) is 5.09. The van der Waals surface area contributed by atoms with Gasteiger partial charge in [0.1, 0.15) is 5.75 Å². The van der Waals surface area contributed by atoms with Gasteiger partial charge in [0.15, 0.2) is 5.13 Å². The maximum atomic E-state index is 12.8. The van der Waals surface area contributed by atoms with E-state index in [9.17, 15) is 18.0 Å². The minimum Gasteiger partial charge on any atom is -0.496 e. The predicted molar refractivity (Wildman–Crippen MR) is 93.5 cm³/mol. The molecule has 0 spiro atoms. The van der Waals surface area contributed by atoms with Crippen LogP contribution in [0.2, 0.25) is 0 Å². The number of ether oxygens (including phenoxy) is 1. The van der Waals surface area contributed by atoms with Crippen molar-refractivity contribution < 1.29 is 22.7 Å². The van der Waals surface area contributed by atoms with Gasteiger partial charge in [-0.25, -0.2) is 4.98 Å². The molecule has 0 saturated heterocycles. The molecule has 26 heavy (non-hydrogen) atoms. The molecule has 0 unspecified atom stereocenters. The topological polar surface area (TPSA) is 51.2 Å². The largest absolute Gasteiger partial charge is 0.496 e. The van der Waals surface area contributed by atoms with E-state index in [1.54, 1.807) is 18.6 Å². The van der Waals surface area contributed by atoms with E-state index in [1.807, 2.05) is 18.2 Å². The highest BCUT2D eigenvalue weighted by molar-refractivity contribution is 7.14. The maximum absolute atomic E-state index is 12.8. The summed E-state index contributed by atoms with van der Waals surface area (Å²) < 4.78 is 43.6. The highest BCUT2D eigenvalue weighted by atomic mass is 32.1. The Bertz CT molecular complexity index is 938. The highest BCUT2D eigenvalue weighted by Gasteiger charge is 2.31. The lowest BCUT2D eigenvalue weighted by Crippen LogP contribution is -2.13. The summed E-state index contributed by atoms with van der Waals surface area (Å²) >= 11 is 1.18. The van der Waals surface area contributed by atoms with E-state index in [1.165, 1.54) is 23.5 Å². The molecule has 0 bridgehead atoms. The Hall–Kier alpha value is -2.87. The first-order chi connectivity index (χ1) is 12.4. The zero-order valence-corrected chi connectivity index (χ0v) is 14.3. The smallest absolute Gasteiger partial charge is 0.416 e. The molecule has 0 radical (unpaired) electrons. The van der Waals surface area contributed by atoms with Crippen molar-refractivity contribution in [3.05, 3.63) is 65.0 Å². The number of benzene rings is 2. The molecular weight excluding hydrogens is 365 g/mol. The van der Waals surface area contributed by atoms with Gasteiger partial charge < -0.3 is 4.74 Å². The summed E-state index contributed by atoms with van der Waals surface area (Å²) in [6.07, 6.45) is -4.51. The second-order valence-electron chi connectivity index (χ2n) is 5.27. The lowest BCUT2D eigenvalue weighted by atomic mass is 10.1. The first kappa shape index (κ1) is 17.9. The summed E-state index contributed by atoms with van der Waals surface area (Å²) in [4.78, 5) is 16.5. The number of nitrogens with zero attached hydrogens (tertiary/aromatic N) is 1. The van der Waals surface area contributed by atoms with Crippen LogP contribution in [-0.4, -0.2) is 18.0 Å². The molecule has 0 aliphatic heterocycles. The second kappa shape index (κ2) is 7.17. The number of alkyl halides is 3. The third-order valence-corrected chi connectivity index (χ3v) is 4.32. The summed E-state index contributed by atoms with van der Waals surface area (Å²) in [5.74, 6) is -0.0226. The van der Waals surface area contributed by atoms with Crippen molar-refractivity contribution in [2.45, 2.75) is 6.18 Å². The quantitative estimate of drug-likeness (QED) is 0.688. The molecule has 0 atom stereocenters. The molecule has 0 aliphatic carbocycles. The van der Waals surface area contributed by atoms with E-state index in [0.717, 1.165) is 17.7 Å². The van der Waals surface area contributed by atoms with Gasteiger partial charge in [0.25, 0.3) is 5.91 Å². The summed E-state index contributed by atoms with van der Waals surface area (Å²) in [6.45, 7) is 0. The van der Waals surface area contributed by atoms with Gasteiger partial charge in [0.2, 0.25) is 0 Å². The number of para-hydroxylation sites is 1. The van der Waals surface area contributed by atoms with Gasteiger partial charge >= 0.3 is 6.18 Å². The van der Waals surface area contributed by atoms with Crippen LogP contribution in [0.15, 0.2) is 53.9 Å². The van der Waals surface area contributed by atoms with Gasteiger partial charge in [-0.1, -0.05) is 18.2 Å². The number of carbonyl (C=O) groups excluding carboxylic acids is 1. The summed E-state index contributed by atoms with van der Waals surface area (Å²) in [5.41, 5.74) is 0.394. The Morgan fingerprint density at radius 1 is 1.15 bits per heavy atom. The third-order valence-electron chi connectivity index (χ3n) is 3.56. The molecule has 3 aromatic rings. The molecular formula is C18H13F3N2O2S. The standard InChI is InChI=1S/C18H13F3N2O2S/c1-25-15-8-3-2-7-13(15)14-10-26-17(22-14)23-16(24)11-5-4-6-12(9-11)18(19,20)21/h2-10H,1H3,(H,22,23,24). The van der Waals surface area contributed by atoms with Crippen molar-refractivity contribution in [2.75, 3.05) is 12.4 Å². The number of hydrogen-bond acceptors (Lipinski definition) is 4. The Labute approximate surface area is 151 Å². The van der Waals surface area contributed by atoms with Crippen LogP contribution in [0.5, 0.6) is 5.75 Å². The van der Waals surface area contributed by atoms with E-state index in [-0.39, 0.29) is 10.7 Å². The summed E-state index contributed by atoms with van der Waals surface area (Å²) in [5, 5.41) is 4.55. The molecule has 8 heteroatoms. The highest BCUT2D eigenvalue weighted by Crippen LogP contribution is 2.32. The molecule has 0 aliphatic rings. The lowest BCUT2D eigenvalue weighted by Gasteiger charge is -2.08. The van der Waals surface area contributed by atoms with Crippen LogP contribution >= 0.6 is 11.3 Å². The number of methoxy groups -OCH3 is 1. The molecule has 1 heterocycles. The number of aromatic nitrogens is 1. The van der Waals surface area contributed by atoms with Crippen LogP contribution in [0.4, 0.5) is 18.3 Å². The van der Waals surface area contributed by atoms with Crippen molar-refractivity contribution in [1.29, 1.82) is 0 Å². The normalized spacial score (nSPS) is 11.2. The Balaban J connectivity index is 1.80. The number of thiazole rings is 1. The number of hydrogen-bond donors (Lipinski definition) is 1. The SMILES string of the molecule is COc1ccccc1-c1csc(NC(=O)c2cccc(C(F)(F)F)c2)n1. The molecule has 1 N–H and O–H groups in total.